The van der Waals surface area contributed by atoms with Crippen molar-refractivity contribution < 1.29 is 32.6 Å². The van der Waals surface area contributed by atoms with Gasteiger partial charge in [-0.15, -0.1) is 0 Å². The standard InChI is InChI=1S/C34H38F3N5O4/c35-34(36,37)32(44)29-14-13-28(39-40-29)22-9-11-27(12-10-22)46-30-20-23(7-8-24(30)21-42-17-3-6-31(42)43)33(45)38-25-15-18-41(19-16-25)26-4-1-2-5-26/h7-14,20,25-26,32,44H,1-6,15-19,21H2,(H,38,45). The number of rotatable bonds is 9. The Kier molecular flexibility index (Phi) is 9.55. The maximum Gasteiger partial charge on any atom is 0.420 e. The van der Waals surface area contributed by atoms with Gasteiger partial charge in [0.1, 0.15) is 17.2 Å². The van der Waals surface area contributed by atoms with Crippen molar-refractivity contribution in [2.24, 2.45) is 0 Å². The third-order valence-electron chi connectivity index (χ3n) is 9.22. The molecule has 3 aromatic rings. The van der Waals surface area contributed by atoms with Crippen LogP contribution in [0.2, 0.25) is 0 Å². The number of nitrogens with zero attached hydrogens (tertiary/aromatic N) is 4. The van der Waals surface area contributed by atoms with E-state index in [1.54, 1.807) is 41.3 Å². The number of piperidine rings is 1. The molecule has 2 saturated heterocycles. The van der Waals surface area contributed by atoms with E-state index in [1.807, 2.05) is 6.07 Å². The van der Waals surface area contributed by atoms with E-state index in [1.165, 1.54) is 31.7 Å². The molecule has 0 bridgehead atoms. The lowest BCUT2D eigenvalue weighted by Crippen LogP contribution is -2.47. The average molecular weight is 638 g/mol. The highest BCUT2D eigenvalue weighted by Gasteiger charge is 2.40. The Morgan fingerprint density at radius 3 is 2.33 bits per heavy atom. The number of hydrogen-bond donors (Lipinski definition) is 2. The molecule has 0 spiro atoms. The second-order valence-electron chi connectivity index (χ2n) is 12.4. The highest BCUT2D eigenvalue weighted by atomic mass is 19.4. The van der Waals surface area contributed by atoms with E-state index in [2.05, 4.69) is 20.4 Å². The zero-order valence-electron chi connectivity index (χ0n) is 25.5. The number of benzene rings is 2. The number of amides is 2. The molecule has 1 aromatic heterocycles. The van der Waals surface area contributed by atoms with E-state index >= 15 is 0 Å². The van der Waals surface area contributed by atoms with Crippen molar-refractivity contribution in [1.82, 2.24) is 25.3 Å². The summed E-state index contributed by atoms with van der Waals surface area (Å²) in [5, 5.41) is 20.0. The molecule has 2 aliphatic heterocycles. The maximum atomic E-state index is 13.3. The number of halogens is 3. The van der Waals surface area contributed by atoms with Gasteiger partial charge in [-0.05, 0) is 80.6 Å². The second-order valence-corrected chi connectivity index (χ2v) is 12.4. The molecular weight excluding hydrogens is 599 g/mol. The largest absolute Gasteiger partial charge is 0.457 e. The number of likely N-dealkylation sites (tertiary alicyclic amines) is 2. The van der Waals surface area contributed by atoms with Gasteiger partial charge in [-0.2, -0.15) is 23.4 Å². The van der Waals surface area contributed by atoms with Gasteiger partial charge in [0.05, 0.1) is 5.69 Å². The van der Waals surface area contributed by atoms with Crippen LogP contribution in [-0.4, -0.2) is 74.8 Å². The Morgan fingerprint density at radius 1 is 0.957 bits per heavy atom. The van der Waals surface area contributed by atoms with Crippen LogP contribution in [-0.2, 0) is 11.3 Å². The van der Waals surface area contributed by atoms with Gasteiger partial charge in [0, 0.05) is 61.4 Å². The molecule has 12 heteroatoms. The van der Waals surface area contributed by atoms with Gasteiger partial charge in [0.2, 0.25) is 5.91 Å². The van der Waals surface area contributed by atoms with E-state index in [9.17, 15) is 27.9 Å². The summed E-state index contributed by atoms with van der Waals surface area (Å²) in [7, 11) is 0. The number of nitrogens with one attached hydrogen (secondary N) is 1. The number of carbonyl (C=O) groups excluding carboxylic acids is 2. The van der Waals surface area contributed by atoms with Crippen LogP contribution in [0, 0.1) is 0 Å². The average Bonchev–Trinajstić information content (AvgIpc) is 3.74. The summed E-state index contributed by atoms with van der Waals surface area (Å²) in [4.78, 5) is 30.1. The third kappa shape index (κ3) is 7.50. The number of alkyl halides is 3. The summed E-state index contributed by atoms with van der Waals surface area (Å²) in [5.41, 5.74) is 1.57. The Morgan fingerprint density at radius 2 is 1.70 bits per heavy atom. The lowest BCUT2D eigenvalue weighted by atomic mass is 10.0. The third-order valence-corrected chi connectivity index (χ3v) is 9.22. The number of aliphatic hydroxyl groups excluding tert-OH is 1. The molecule has 0 radical (unpaired) electrons. The fourth-order valence-corrected chi connectivity index (χ4v) is 6.58. The molecule has 6 rings (SSSR count). The lowest BCUT2D eigenvalue weighted by Gasteiger charge is -2.36. The molecule has 1 aliphatic carbocycles. The molecular formula is C34H38F3N5O4. The summed E-state index contributed by atoms with van der Waals surface area (Å²) < 4.78 is 44.7. The summed E-state index contributed by atoms with van der Waals surface area (Å²) in [5.74, 6) is 0.838. The van der Waals surface area contributed by atoms with Gasteiger partial charge < -0.3 is 25.0 Å². The van der Waals surface area contributed by atoms with E-state index in [4.69, 9.17) is 4.74 Å². The van der Waals surface area contributed by atoms with Crippen molar-refractivity contribution >= 4 is 11.8 Å². The second kappa shape index (κ2) is 13.8. The van der Waals surface area contributed by atoms with E-state index in [-0.39, 0.29) is 17.9 Å². The molecule has 1 atom stereocenters. The number of aliphatic hydroxyl groups is 1. The van der Waals surface area contributed by atoms with Crippen molar-refractivity contribution in [2.75, 3.05) is 19.6 Å². The molecule has 1 saturated carbocycles. The Bertz CT molecular complexity index is 1520. The molecule has 46 heavy (non-hydrogen) atoms. The highest BCUT2D eigenvalue weighted by molar-refractivity contribution is 5.95. The minimum atomic E-state index is -4.83. The van der Waals surface area contributed by atoms with Gasteiger partial charge >= 0.3 is 6.18 Å². The first-order valence-electron chi connectivity index (χ1n) is 16.0. The minimum absolute atomic E-state index is 0.0796. The summed E-state index contributed by atoms with van der Waals surface area (Å²) in [6.07, 6.45) is 0.771. The summed E-state index contributed by atoms with van der Waals surface area (Å²) >= 11 is 0. The van der Waals surface area contributed by atoms with Crippen LogP contribution in [0.1, 0.15) is 79.1 Å². The molecule has 2 aromatic carbocycles. The molecule has 3 heterocycles. The highest BCUT2D eigenvalue weighted by Crippen LogP contribution is 2.33. The molecule has 3 aliphatic rings. The SMILES string of the molecule is O=C(NC1CCN(C2CCCC2)CC1)c1ccc(CN2CCCC2=O)c(Oc2ccc(-c3ccc(C(O)C(F)(F)F)nn3)cc2)c1. The van der Waals surface area contributed by atoms with Crippen molar-refractivity contribution in [3.8, 4) is 22.8 Å². The van der Waals surface area contributed by atoms with Gasteiger partial charge in [-0.1, -0.05) is 18.9 Å². The fraction of sp³-hybridized carbons (Fsp3) is 0.471. The van der Waals surface area contributed by atoms with Crippen LogP contribution in [0.4, 0.5) is 13.2 Å². The van der Waals surface area contributed by atoms with Crippen LogP contribution in [0.15, 0.2) is 54.6 Å². The first kappa shape index (κ1) is 31.9. The predicted molar refractivity (Wildman–Crippen MR) is 164 cm³/mol. The van der Waals surface area contributed by atoms with E-state index in [0.717, 1.165) is 44.0 Å². The molecule has 2 N–H and O–H groups in total. The monoisotopic (exact) mass is 637 g/mol. The number of aromatic nitrogens is 2. The van der Waals surface area contributed by atoms with Gasteiger partial charge in [-0.3, -0.25) is 9.59 Å². The van der Waals surface area contributed by atoms with Gasteiger partial charge in [0.15, 0.2) is 6.10 Å². The van der Waals surface area contributed by atoms with Crippen LogP contribution >= 0.6 is 0 Å². The summed E-state index contributed by atoms with van der Waals surface area (Å²) in [6, 6.07) is 15.3. The minimum Gasteiger partial charge on any atom is -0.457 e. The van der Waals surface area contributed by atoms with Crippen LogP contribution in [0.25, 0.3) is 11.3 Å². The molecule has 2 amide bonds. The van der Waals surface area contributed by atoms with Crippen molar-refractivity contribution in [1.29, 1.82) is 0 Å². The topological polar surface area (TPSA) is 108 Å². The zero-order valence-corrected chi connectivity index (χ0v) is 25.5. The fourth-order valence-electron chi connectivity index (χ4n) is 6.58. The molecule has 9 nitrogen and oxygen atoms in total. The predicted octanol–water partition coefficient (Wildman–Crippen LogP) is 5.79. The van der Waals surface area contributed by atoms with Crippen LogP contribution in [0.3, 0.4) is 0 Å². The first-order valence-corrected chi connectivity index (χ1v) is 16.0. The van der Waals surface area contributed by atoms with Crippen LogP contribution < -0.4 is 10.1 Å². The van der Waals surface area contributed by atoms with Gasteiger partial charge in [-0.25, -0.2) is 0 Å². The quantitative estimate of drug-likeness (QED) is 0.306. The van der Waals surface area contributed by atoms with Crippen molar-refractivity contribution in [3.63, 3.8) is 0 Å². The lowest BCUT2D eigenvalue weighted by molar-refractivity contribution is -0.208. The number of ether oxygens (including phenoxy) is 1. The molecule has 244 valence electrons. The smallest absolute Gasteiger partial charge is 0.420 e. The first-order chi connectivity index (χ1) is 22.1. The Hall–Kier alpha value is -4.03. The van der Waals surface area contributed by atoms with E-state index in [0.29, 0.717) is 53.9 Å². The van der Waals surface area contributed by atoms with Crippen molar-refractivity contribution in [3.05, 3.63) is 71.4 Å². The Balaban J connectivity index is 1.15. The number of carbonyl (C=O) groups is 2. The van der Waals surface area contributed by atoms with Crippen molar-refractivity contribution in [2.45, 2.75) is 82.3 Å². The zero-order chi connectivity index (χ0) is 32.3. The summed E-state index contributed by atoms with van der Waals surface area (Å²) in [6.45, 7) is 3.01. The molecule has 3 fully saturated rings. The normalized spacial score (nSPS) is 19.0. The molecule has 1 unspecified atom stereocenters. The van der Waals surface area contributed by atoms with E-state index < -0.39 is 18.0 Å². The number of hydrogen-bond acceptors (Lipinski definition) is 7. The van der Waals surface area contributed by atoms with Crippen LogP contribution in [0.5, 0.6) is 11.5 Å². The van der Waals surface area contributed by atoms with Gasteiger partial charge in [0.25, 0.3) is 5.91 Å². The Labute approximate surface area is 265 Å². The maximum absolute atomic E-state index is 13.3.